The lowest BCUT2D eigenvalue weighted by atomic mass is 9.96. The fraction of sp³-hybridized carbons (Fsp3) is 0.286. The Labute approximate surface area is 153 Å². The van der Waals surface area contributed by atoms with Gasteiger partial charge in [0, 0.05) is 12.1 Å². The number of esters is 1. The zero-order valence-electron chi connectivity index (χ0n) is 14.8. The first kappa shape index (κ1) is 19.2. The molecule has 5 nitrogen and oxygen atoms in total. The number of amides is 1. The summed E-state index contributed by atoms with van der Waals surface area (Å²) in [6, 6.07) is 16.1. The van der Waals surface area contributed by atoms with Gasteiger partial charge in [0.25, 0.3) is 5.91 Å². The fourth-order valence-electron chi connectivity index (χ4n) is 2.57. The number of hydrogen-bond acceptors (Lipinski definition) is 4. The molecule has 0 radical (unpaired) electrons. The van der Waals surface area contributed by atoms with E-state index >= 15 is 0 Å². The van der Waals surface area contributed by atoms with Crippen LogP contribution in [0, 0.1) is 11.3 Å². The van der Waals surface area contributed by atoms with Gasteiger partial charge in [-0.2, -0.15) is 5.26 Å². The monoisotopic (exact) mass is 350 g/mol. The van der Waals surface area contributed by atoms with Crippen LogP contribution < -0.4 is 5.32 Å². The van der Waals surface area contributed by atoms with E-state index in [1.807, 2.05) is 6.07 Å². The highest BCUT2D eigenvalue weighted by atomic mass is 16.5. The maximum atomic E-state index is 12.4. The summed E-state index contributed by atoms with van der Waals surface area (Å²) in [5.41, 5.74) is 2.07. The lowest BCUT2D eigenvalue weighted by Crippen LogP contribution is -2.29. The zero-order valence-corrected chi connectivity index (χ0v) is 14.8. The van der Waals surface area contributed by atoms with Gasteiger partial charge in [-0.15, -0.1) is 0 Å². The summed E-state index contributed by atoms with van der Waals surface area (Å²) in [7, 11) is 0. The third-order valence-corrected chi connectivity index (χ3v) is 3.92. The predicted octanol–water partition coefficient (Wildman–Crippen LogP) is 3.69. The van der Waals surface area contributed by atoms with Crippen LogP contribution in [0.15, 0.2) is 48.5 Å². The largest absolute Gasteiger partial charge is 0.452 e. The van der Waals surface area contributed by atoms with Crippen LogP contribution in [0.25, 0.3) is 11.1 Å². The van der Waals surface area contributed by atoms with Crippen molar-refractivity contribution in [2.24, 2.45) is 0 Å². The van der Waals surface area contributed by atoms with Gasteiger partial charge in [0.1, 0.15) is 0 Å². The van der Waals surface area contributed by atoms with Gasteiger partial charge in [0.05, 0.1) is 17.2 Å². The Morgan fingerprint density at radius 3 is 2.46 bits per heavy atom. The molecule has 0 atom stereocenters. The van der Waals surface area contributed by atoms with Crippen molar-refractivity contribution in [3.05, 3.63) is 59.7 Å². The number of benzene rings is 2. The highest BCUT2D eigenvalue weighted by molar-refractivity contribution is 5.98. The lowest BCUT2D eigenvalue weighted by Gasteiger charge is -2.11. The van der Waals surface area contributed by atoms with Crippen LogP contribution in [0.2, 0.25) is 0 Å². The first-order chi connectivity index (χ1) is 12.7. The van der Waals surface area contributed by atoms with Gasteiger partial charge in [-0.3, -0.25) is 4.79 Å². The Balaban J connectivity index is 2.06. The molecule has 0 aliphatic carbocycles. The molecular weight excluding hydrogens is 328 g/mol. The smallest absolute Gasteiger partial charge is 0.339 e. The number of unbranched alkanes of at least 4 members (excludes halogenated alkanes) is 2. The van der Waals surface area contributed by atoms with E-state index in [-0.39, 0.29) is 12.5 Å². The molecule has 0 fully saturated rings. The number of rotatable bonds is 8. The summed E-state index contributed by atoms with van der Waals surface area (Å²) in [5.74, 6) is -0.901. The number of nitrogens with one attached hydrogen (secondary N) is 1. The minimum atomic E-state index is -0.586. The van der Waals surface area contributed by atoms with Crippen molar-refractivity contribution < 1.29 is 14.3 Å². The first-order valence-electron chi connectivity index (χ1n) is 8.69. The molecule has 0 aliphatic rings. The molecule has 0 spiro atoms. The SMILES string of the molecule is CCCCCNC(=O)COC(=O)c1ccccc1-c1ccccc1C#N. The highest BCUT2D eigenvalue weighted by Gasteiger charge is 2.16. The van der Waals surface area contributed by atoms with Crippen molar-refractivity contribution in [3.8, 4) is 17.2 Å². The Kier molecular flexibility index (Phi) is 7.38. The maximum absolute atomic E-state index is 12.4. The van der Waals surface area contributed by atoms with Gasteiger partial charge in [0.15, 0.2) is 6.61 Å². The molecule has 5 heteroatoms. The standard InChI is InChI=1S/C21H22N2O3/c1-2-3-8-13-23-20(24)15-26-21(25)19-12-7-6-11-18(19)17-10-5-4-9-16(17)14-22/h4-7,9-12H,2-3,8,13,15H2,1H3,(H,23,24). The molecule has 0 aliphatic heterocycles. The van der Waals surface area contributed by atoms with E-state index in [2.05, 4.69) is 18.3 Å². The predicted molar refractivity (Wildman–Crippen MR) is 99.4 cm³/mol. The van der Waals surface area contributed by atoms with Gasteiger partial charge in [-0.25, -0.2) is 4.79 Å². The molecular formula is C21H22N2O3. The van der Waals surface area contributed by atoms with Crippen molar-refractivity contribution >= 4 is 11.9 Å². The van der Waals surface area contributed by atoms with Crippen molar-refractivity contribution in [3.63, 3.8) is 0 Å². The van der Waals surface area contributed by atoms with Crippen LogP contribution in [-0.4, -0.2) is 25.0 Å². The second-order valence-electron chi connectivity index (χ2n) is 5.84. The summed E-state index contributed by atoms with van der Waals surface area (Å²) >= 11 is 0. The number of hydrogen-bond donors (Lipinski definition) is 1. The van der Waals surface area contributed by atoms with Crippen LogP contribution in [0.3, 0.4) is 0 Å². The molecule has 2 aromatic rings. The Hall–Kier alpha value is -3.13. The van der Waals surface area contributed by atoms with Crippen LogP contribution in [-0.2, 0) is 9.53 Å². The molecule has 1 amide bonds. The number of carbonyl (C=O) groups is 2. The maximum Gasteiger partial charge on any atom is 0.339 e. The van der Waals surface area contributed by atoms with Crippen LogP contribution >= 0.6 is 0 Å². The number of nitrogens with zero attached hydrogens (tertiary/aromatic N) is 1. The molecule has 0 bridgehead atoms. The summed E-state index contributed by atoms with van der Waals surface area (Å²) in [6.07, 6.45) is 3.03. The van der Waals surface area contributed by atoms with E-state index in [1.165, 1.54) is 0 Å². The minimum absolute atomic E-state index is 0.315. The van der Waals surface area contributed by atoms with E-state index in [0.29, 0.717) is 28.8 Å². The zero-order chi connectivity index (χ0) is 18.8. The summed E-state index contributed by atoms with van der Waals surface area (Å²) in [6.45, 7) is 2.35. The van der Waals surface area contributed by atoms with Crippen LogP contribution in [0.5, 0.6) is 0 Å². The molecule has 0 heterocycles. The minimum Gasteiger partial charge on any atom is -0.452 e. The van der Waals surface area contributed by atoms with Gasteiger partial charge in [-0.1, -0.05) is 56.2 Å². The Morgan fingerprint density at radius 2 is 1.73 bits per heavy atom. The second kappa shape index (κ2) is 10.00. The Morgan fingerprint density at radius 1 is 1.04 bits per heavy atom. The van der Waals surface area contributed by atoms with E-state index in [9.17, 15) is 14.9 Å². The van der Waals surface area contributed by atoms with Gasteiger partial charge < -0.3 is 10.1 Å². The fourth-order valence-corrected chi connectivity index (χ4v) is 2.57. The van der Waals surface area contributed by atoms with Gasteiger partial charge >= 0.3 is 5.97 Å². The number of carbonyl (C=O) groups excluding carboxylic acids is 2. The molecule has 0 unspecified atom stereocenters. The molecule has 0 saturated carbocycles. The molecule has 2 aromatic carbocycles. The second-order valence-corrected chi connectivity index (χ2v) is 5.84. The molecule has 1 N–H and O–H groups in total. The van der Waals surface area contributed by atoms with E-state index in [1.54, 1.807) is 42.5 Å². The molecule has 134 valence electrons. The van der Waals surface area contributed by atoms with Crippen molar-refractivity contribution in [2.45, 2.75) is 26.2 Å². The summed E-state index contributed by atoms with van der Waals surface area (Å²) in [5, 5.41) is 12.0. The topological polar surface area (TPSA) is 79.2 Å². The average molecular weight is 350 g/mol. The van der Waals surface area contributed by atoms with Crippen LogP contribution in [0.1, 0.15) is 42.1 Å². The average Bonchev–Trinajstić information content (AvgIpc) is 2.69. The van der Waals surface area contributed by atoms with Gasteiger partial charge in [0.2, 0.25) is 0 Å². The van der Waals surface area contributed by atoms with Gasteiger partial charge in [-0.05, 0) is 24.1 Å². The van der Waals surface area contributed by atoms with E-state index in [0.717, 1.165) is 19.3 Å². The Bertz CT molecular complexity index is 809. The molecule has 0 aromatic heterocycles. The third-order valence-electron chi connectivity index (χ3n) is 3.92. The van der Waals surface area contributed by atoms with E-state index in [4.69, 9.17) is 4.74 Å². The van der Waals surface area contributed by atoms with E-state index < -0.39 is 5.97 Å². The number of ether oxygens (including phenoxy) is 1. The van der Waals surface area contributed by atoms with Crippen molar-refractivity contribution in [1.82, 2.24) is 5.32 Å². The molecule has 0 saturated heterocycles. The normalized spacial score (nSPS) is 10.0. The van der Waals surface area contributed by atoms with Crippen LogP contribution in [0.4, 0.5) is 0 Å². The lowest BCUT2D eigenvalue weighted by molar-refractivity contribution is -0.124. The quantitative estimate of drug-likeness (QED) is 0.582. The molecule has 26 heavy (non-hydrogen) atoms. The third kappa shape index (κ3) is 5.18. The van der Waals surface area contributed by atoms with Crippen molar-refractivity contribution in [1.29, 1.82) is 5.26 Å². The first-order valence-corrected chi connectivity index (χ1v) is 8.69. The summed E-state index contributed by atoms with van der Waals surface area (Å²) in [4.78, 5) is 24.2. The summed E-state index contributed by atoms with van der Waals surface area (Å²) < 4.78 is 5.15. The highest BCUT2D eigenvalue weighted by Crippen LogP contribution is 2.27. The van der Waals surface area contributed by atoms with Crippen molar-refractivity contribution in [2.75, 3.05) is 13.2 Å². The number of nitriles is 1. The molecule has 2 rings (SSSR count).